The number of fused-ring (bicyclic) bond motifs is 1. The van der Waals surface area contributed by atoms with Crippen LogP contribution in [0.5, 0.6) is 0 Å². The number of para-hydroxylation sites is 1. The topological polar surface area (TPSA) is 64.3 Å². The average Bonchev–Trinajstić information content (AvgIpc) is 2.98. The minimum absolute atomic E-state index is 0.228. The molecule has 0 radical (unpaired) electrons. The number of ether oxygens (including phenoxy) is 1. The highest BCUT2D eigenvalue weighted by Crippen LogP contribution is 2.26. The van der Waals surface area contributed by atoms with E-state index in [0.29, 0.717) is 11.3 Å². The van der Waals surface area contributed by atoms with Gasteiger partial charge in [0.05, 0.1) is 12.3 Å². The van der Waals surface area contributed by atoms with Gasteiger partial charge in [0.2, 0.25) is 0 Å². The van der Waals surface area contributed by atoms with Gasteiger partial charge in [0, 0.05) is 23.3 Å². The zero-order valence-corrected chi connectivity index (χ0v) is 12.1. The number of hydrogen-bond acceptors (Lipinski definition) is 4. The predicted octanol–water partition coefficient (Wildman–Crippen LogP) is 2.62. The second-order valence-corrected chi connectivity index (χ2v) is 4.82. The number of rotatable bonds is 4. The van der Waals surface area contributed by atoms with E-state index in [4.69, 9.17) is 4.74 Å². The van der Waals surface area contributed by atoms with Crippen molar-refractivity contribution in [3.8, 4) is 5.69 Å². The second-order valence-electron chi connectivity index (χ2n) is 4.82. The van der Waals surface area contributed by atoms with Gasteiger partial charge < -0.3 is 14.4 Å². The van der Waals surface area contributed by atoms with E-state index >= 15 is 0 Å². The van der Waals surface area contributed by atoms with Gasteiger partial charge in [0.25, 0.3) is 0 Å². The molecular weight excluding hydrogens is 280 g/mol. The van der Waals surface area contributed by atoms with Gasteiger partial charge in [-0.15, -0.1) is 0 Å². The van der Waals surface area contributed by atoms with Crippen LogP contribution in [-0.4, -0.2) is 27.2 Å². The summed E-state index contributed by atoms with van der Waals surface area (Å²) < 4.78 is 6.76. The molecule has 112 valence electrons. The van der Waals surface area contributed by atoms with E-state index in [1.54, 1.807) is 25.3 Å². The zero-order valence-electron chi connectivity index (χ0n) is 12.1. The van der Waals surface area contributed by atoms with Crippen LogP contribution in [0.1, 0.15) is 18.6 Å². The van der Waals surface area contributed by atoms with Gasteiger partial charge in [-0.1, -0.05) is 18.2 Å². The molecule has 2 aromatic heterocycles. The van der Waals surface area contributed by atoms with Crippen LogP contribution in [0, 0.1) is 0 Å². The Labute approximate surface area is 127 Å². The predicted molar refractivity (Wildman–Crippen MR) is 82.7 cm³/mol. The summed E-state index contributed by atoms with van der Waals surface area (Å²) in [7, 11) is 0. The highest BCUT2D eigenvalue weighted by molar-refractivity contribution is 5.81. The van der Waals surface area contributed by atoms with Crippen LogP contribution in [0.3, 0.4) is 0 Å². The van der Waals surface area contributed by atoms with E-state index in [9.17, 15) is 9.90 Å². The summed E-state index contributed by atoms with van der Waals surface area (Å²) in [6.07, 6.45) is 2.26. The molecule has 0 fully saturated rings. The van der Waals surface area contributed by atoms with Gasteiger partial charge in [-0.05, 0) is 31.2 Å². The number of carbonyl (C=O) groups excluding carboxylic acids is 1. The van der Waals surface area contributed by atoms with E-state index in [-0.39, 0.29) is 6.61 Å². The fourth-order valence-electron chi connectivity index (χ4n) is 2.45. The van der Waals surface area contributed by atoms with Crippen molar-refractivity contribution in [1.29, 1.82) is 0 Å². The van der Waals surface area contributed by atoms with Crippen molar-refractivity contribution in [2.45, 2.75) is 13.0 Å². The van der Waals surface area contributed by atoms with Crippen LogP contribution >= 0.6 is 0 Å². The molecule has 1 atom stereocenters. The van der Waals surface area contributed by atoms with E-state index < -0.39 is 12.1 Å². The van der Waals surface area contributed by atoms with Crippen molar-refractivity contribution in [2.75, 3.05) is 6.61 Å². The Bertz CT molecular complexity index is 810. The summed E-state index contributed by atoms with van der Waals surface area (Å²) in [5.74, 6) is -0.653. The van der Waals surface area contributed by atoms with E-state index in [1.807, 2.05) is 41.1 Å². The molecular formula is C17H16N2O3. The van der Waals surface area contributed by atoms with Crippen LogP contribution in [0.2, 0.25) is 0 Å². The maximum absolute atomic E-state index is 11.8. The summed E-state index contributed by atoms with van der Waals surface area (Å²) in [6.45, 7) is 1.94. The summed E-state index contributed by atoms with van der Waals surface area (Å²) in [4.78, 5) is 16.2. The Balaban J connectivity index is 2.10. The van der Waals surface area contributed by atoms with Crippen LogP contribution in [0.15, 0.2) is 54.9 Å². The first-order valence-electron chi connectivity index (χ1n) is 7.08. The molecule has 5 heteroatoms. The van der Waals surface area contributed by atoms with Crippen molar-refractivity contribution < 1.29 is 14.6 Å². The maximum Gasteiger partial charge on any atom is 0.339 e. The van der Waals surface area contributed by atoms with Crippen molar-refractivity contribution in [2.24, 2.45) is 0 Å². The summed E-state index contributed by atoms with van der Waals surface area (Å²) in [5.41, 5.74) is 1.96. The molecule has 0 saturated carbocycles. The number of hydrogen-bond donors (Lipinski definition) is 1. The molecule has 1 N–H and O–H groups in total. The van der Waals surface area contributed by atoms with Gasteiger partial charge in [0.1, 0.15) is 5.65 Å². The Morgan fingerprint density at radius 2 is 2.09 bits per heavy atom. The monoisotopic (exact) mass is 296 g/mol. The number of aliphatic hydroxyl groups is 1. The molecule has 1 unspecified atom stereocenters. The number of aromatic nitrogens is 2. The minimum atomic E-state index is -1.32. The quantitative estimate of drug-likeness (QED) is 0.752. The molecule has 3 aromatic rings. The number of aliphatic hydroxyl groups excluding tert-OH is 1. The lowest BCUT2D eigenvalue weighted by Crippen LogP contribution is -2.17. The van der Waals surface area contributed by atoms with Crippen molar-refractivity contribution in [3.63, 3.8) is 0 Å². The number of pyridine rings is 1. The Hall–Kier alpha value is -2.66. The normalized spacial score (nSPS) is 12.3. The number of benzene rings is 1. The number of nitrogens with zero attached hydrogens (tertiary/aromatic N) is 2. The Morgan fingerprint density at radius 1 is 1.27 bits per heavy atom. The molecule has 0 aliphatic carbocycles. The smallest absolute Gasteiger partial charge is 0.339 e. The summed E-state index contributed by atoms with van der Waals surface area (Å²) in [6, 6.07) is 13.0. The molecule has 5 nitrogen and oxygen atoms in total. The molecule has 22 heavy (non-hydrogen) atoms. The van der Waals surface area contributed by atoms with Crippen molar-refractivity contribution in [1.82, 2.24) is 9.55 Å². The lowest BCUT2D eigenvalue weighted by molar-refractivity contribution is -0.153. The lowest BCUT2D eigenvalue weighted by atomic mass is 10.1. The van der Waals surface area contributed by atoms with Crippen LogP contribution in [0.4, 0.5) is 0 Å². The first kappa shape index (κ1) is 14.3. The maximum atomic E-state index is 11.8. The third-order valence-electron chi connectivity index (χ3n) is 3.45. The minimum Gasteiger partial charge on any atom is -0.464 e. The van der Waals surface area contributed by atoms with E-state index in [1.165, 1.54) is 0 Å². The molecule has 0 aliphatic heterocycles. The summed E-state index contributed by atoms with van der Waals surface area (Å²) in [5, 5.41) is 11.3. The molecule has 3 rings (SSSR count). The Morgan fingerprint density at radius 3 is 2.91 bits per heavy atom. The van der Waals surface area contributed by atoms with Gasteiger partial charge >= 0.3 is 5.97 Å². The molecule has 0 aliphatic rings. The van der Waals surface area contributed by atoms with Crippen LogP contribution in [0.25, 0.3) is 16.7 Å². The molecule has 0 bridgehead atoms. The van der Waals surface area contributed by atoms with Crippen molar-refractivity contribution >= 4 is 17.0 Å². The van der Waals surface area contributed by atoms with Gasteiger partial charge in [-0.3, -0.25) is 0 Å². The average molecular weight is 296 g/mol. The third-order valence-corrected chi connectivity index (χ3v) is 3.45. The van der Waals surface area contributed by atoms with E-state index in [0.717, 1.165) is 11.0 Å². The fourth-order valence-corrected chi connectivity index (χ4v) is 2.45. The van der Waals surface area contributed by atoms with E-state index in [2.05, 4.69) is 4.98 Å². The number of carbonyl (C=O) groups is 1. The lowest BCUT2D eigenvalue weighted by Gasteiger charge is -2.15. The first-order valence-corrected chi connectivity index (χ1v) is 7.08. The second kappa shape index (κ2) is 5.99. The molecule has 0 spiro atoms. The summed E-state index contributed by atoms with van der Waals surface area (Å²) >= 11 is 0. The highest BCUT2D eigenvalue weighted by Gasteiger charge is 2.22. The molecule has 2 heterocycles. The SMILES string of the molecule is CCOC(=O)C(O)c1ccccc1-n1ccc2cccnc21. The molecule has 1 aromatic carbocycles. The van der Waals surface area contributed by atoms with Gasteiger partial charge in [0.15, 0.2) is 6.10 Å². The third kappa shape index (κ3) is 2.46. The number of esters is 1. The molecule has 0 saturated heterocycles. The molecule has 0 amide bonds. The standard InChI is InChI=1S/C17H16N2O3/c1-2-22-17(21)15(20)13-7-3-4-8-14(13)19-11-9-12-6-5-10-18-16(12)19/h3-11,15,20H,2H2,1H3. The zero-order chi connectivity index (χ0) is 15.5. The highest BCUT2D eigenvalue weighted by atomic mass is 16.5. The Kier molecular flexibility index (Phi) is 3.89. The van der Waals surface area contributed by atoms with Crippen LogP contribution in [-0.2, 0) is 9.53 Å². The van der Waals surface area contributed by atoms with Crippen LogP contribution < -0.4 is 0 Å². The fraction of sp³-hybridized carbons (Fsp3) is 0.176. The van der Waals surface area contributed by atoms with Gasteiger partial charge in [-0.25, -0.2) is 9.78 Å². The largest absolute Gasteiger partial charge is 0.464 e. The van der Waals surface area contributed by atoms with Crippen molar-refractivity contribution in [3.05, 3.63) is 60.4 Å². The van der Waals surface area contributed by atoms with Gasteiger partial charge in [-0.2, -0.15) is 0 Å². The first-order chi connectivity index (χ1) is 10.7.